The van der Waals surface area contributed by atoms with Crippen LogP contribution in [0.5, 0.6) is 0 Å². The van der Waals surface area contributed by atoms with Gasteiger partial charge in [0.2, 0.25) is 17.7 Å². The number of hydrogen-bond acceptors (Lipinski definition) is 6. The molecule has 0 heterocycles. The normalized spacial score (nSPS) is 16.7. The van der Waals surface area contributed by atoms with E-state index in [0.717, 1.165) is 0 Å². The van der Waals surface area contributed by atoms with Crippen LogP contribution < -0.4 is 21.7 Å². The molecular weight excluding hydrogens is 332 g/mol. The van der Waals surface area contributed by atoms with Crippen molar-refractivity contribution in [1.82, 2.24) is 16.0 Å². The third kappa shape index (κ3) is 7.48. The van der Waals surface area contributed by atoms with Crippen molar-refractivity contribution in [3.05, 3.63) is 0 Å². The van der Waals surface area contributed by atoms with E-state index in [-0.39, 0.29) is 12.5 Å². The van der Waals surface area contributed by atoms with E-state index in [1.165, 1.54) is 13.8 Å². The molecule has 0 saturated heterocycles. The van der Waals surface area contributed by atoms with Gasteiger partial charge in [0.15, 0.2) is 0 Å². The first kappa shape index (κ1) is 22.8. The molecule has 0 fully saturated rings. The molecule has 0 bridgehead atoms. The number of nitrogens with one attached hydrogen (secondary N) is 3. The molecule has 0 aromatic carbocycles. The van der Waals surface area contributed by atoms with Crippen LogP contribution in [0.2, 0.25) is 0 Å². The summed E-state index contributed by atoms with van der Waals surface area (Å²) in [5.41, 5.74) is 5.18. The second-order valence-electron chi connectivity index (χ2n) is 5.93. The number of aliphatic hydroxyl groups is 1. The summed E-state index contributed by atoms with van der Waals surface area (Å²) in [6, 6.07) is -3.43. The second-order valence-corrected chi connectivity index (χ2v) is 5.93. The Morgan fingerprint density at radius 1 is 0.960 bits per heavy atom. The summed E-state index contributed by atoms with van der Waals surface area (Å²) in [7, 11) is 0. The summed E-state index contributed by atoms with van der Waals surface area (Å²) in [4.78, 5) is 46.9. The molecule has 0 aliphatic carbocycles. The number of amides is 3. The minimum atomic E-state index is -1.28. The van der Waals surface area contributed by atoms with E-state index >= 15 is 0 Å². The fraction of sp³-hybridized carbons (Fsp3) is 0.733. The van der Waals surface area contributed by atoms with Gasteiger partial charge in [-0.05, 0) is 19.8 Å². The highest BCUT2D eigenvalue weighted by Crippen LogP contribution is 2.09. The zero-order chi connectivity index (χ0) is 19.7. The highest BCUT2D eigenvalue weighted by molar-refractivity contribution is 5.93. The molecule has 7 N–H and O–H groups in total. The minimum absolute atomic E-state index is 0.301. The molecule has 0 saturated carbocycles. The fourth-order valence-electron chi connectivity index (χ4n) is 1.95. The summed E-state index contributed by atoms with van der Waals surface area (Å²) in [5, 5.41) is 25.6. The molecular formula is C15H28N4O6. The molecule has 10 nitrogen and oxygen atoms in total. The number of aliphatic hydroxyl groups excluding tert-OH is 1. The van der Waals surface area contributed by atoms with Crippen molar-refractivity contribution in [2.24, 2.45) is 11.7 Å². The summed E-state index contributed by atoms with van der Waals surface area (Å²) in [6.45, 7) is 5.77. The van der Waals surface area contributed by atoms with E-state index in [1.54, 1.807) is 13.8 Å². The first-order valence-electron chi connectivity index (χ1n) is 8.06. The molecule has 25 heavy (non-hydrogen) atoms. The average molecular weight is 360 g/mol. The number of rotatable bonds is 10. The van der Waals surface area contributed by atoms with Gasteiger partial charge in [0.05, 0.1) is 12.6 Å². The maximum absolute atomic E-state index is 12.4. The van der Waals surface area contributed by atoms with Crippen LogP contribution in [0.15, 0.2) is 0 Å². The van der Waals surface area contributed by atoms with Crippen molar-refractivity contribution < 1.29 is 29.4 Å². The van der Waals surface area contributed by atoms with Crippen LogP contribution in [-0.2, 0) is 19.2 Å². The lowest BCUT2D eigenvalue weighted by molar-refractivity contribution is -0.142. The lowest BCUT2D eigenvalue weighted by Gasteiger charge is -2.28. The van der Waals surface area contributed by atoms with Gasteiger partial charge in [0.1, 0.15) is 18.1 Å². The molecule has 5 unspecified atom stereocenters. The standard InChI is InChI=1S/C15H28N4O6/c1-5-7(2)11(13(22)17-8(3)15(24)25)19-14(23)12(9(4)20)18-10(21)6-16/h7-9,11-12,20H,5-6,16H2,1-4H3,(H,17,22)(H,18,21)(H,19,23)(H,24,25). The van der Waals surface area contributed by atoms with Crippen LogP contribution in [0, 0.1) is 5.92 Å². The Hall–Kier alpha value is -2.20. The van der Waals surface area contributed by atoms with Gasteiger partial charge in [-0.2, -0.15) is 0 Å². The van der Waals surface area contributed by atoms with Crippen LogP contribution in [0.1, 0.15) is 34.1 Å². The van der Waals surface area contributed by atoms with Gasteiger partial charge in [0, 0.05) is 0 Å². The Kier molecular flexibility index (Phi) is 9.69. The van der Waals surface area contributed by atoms with Crippen LogP contribution in [0.25, 0.3) is 0 Å². The maximum atomic E-state index is 12.4. The van der Waals surface area contributed by atoms with Gasteiger partial charge in [-0.15, -0.1) is 0 Å². The van der Waals surface area contributed by atoms with Crippen molar-refractivity contribution in [3.8, 4) is 0 Å². The van der Waals surface area contributed by atoms with E-state index in [9.17, 15) is 24.3 Å². The van der Waals surface area contributed by atoms with Gasteiger partial charge in [-0.1, -0.05) is 20.3 Å². The largest absolute Gasteiger partial charge is 0.480 e. The lowest BCUT2D eigenvalue weighted by atomic mass is 9.97. The monoisotopic (exact) mass is 360 g/mol. The highest BCUT2D eigenvalue weighted by atomic mass is 16.4. The van der Waals surface area contributed by atoms with E-state index < -0.39 is 47.9 Å². The maximum Gasteiger partial charge on any atom is 0.325 e. The molecule has 144 valence electrons. The number of carbonyl (C=O) groups excluding carboxylic acids is 3. The Labute approximate surface area is 146 Å². The molecule has 0 rings (SSSR count). The van der Waals surface area contributed by atoms with E-state index in [4.69, 9.17) is 10.8 Å². The molecule has 10 heteroatoms. The molecule has 5 atom stereocenters. The summed E-state index contributed by atoms with van der Waals surface area (Å²) < 4.78 is 0. The van der Waals surface area contributed by atoms with Crippen molar-refractivity contribution in [2.45, 2.75) is 58.3 Å². The number of nitrogens with two attached hydrogens (primary N) is 1. The number of aliphatic carboxylic acids is 1. The molecule has 0 radical (unpaired) electrons. The minimum Gasteiger partial charge on any atom is -0.480 e. The summed E-state index contributed by atoms with van der Waals surface area (Å²) >= 11 is 0. The van der Waals surface area contributed by atoms with Gasteiger partial charge >= 0.3 is 5.97 Å². The zero-order valence-electron chi connectivity index (χ0n) is 14.9. The van der Waals surface area contributed by atoms with E-state index in [0.29, 0.717) is 6.42 Å². The molecule has 0 aromatic heterocycles. The lowest BCUT2D eigenvalue weighted by Crippen LogP contribution is -2.59. The average Bonchev–Trinajstić information content (AvgIpc) is 2.55. The number of carboxylic acid groups (broad SMARTS) is 1. The smallest absolute Gasteiger partial charge is 0.325 e. The van der Waals surface area contributed by atoms with Crippen LogP contribution >= 0.6 is 0 Å². The first-order chi connectivity index (χ1) is 11.5. The first-order valence-corrected chi connectivity index (χ1v) is 8.06. The van der Waals surface area contributed by atoms with E-state index in [2.05, 4.69) is 16.0 Å². The number of carboxylic acids is 1. The van der Waals surface area contributed by atoms with Gasteiger partial charge in [-0.3, -0.25) is 19.2 Å². The van der Waals surface area contributed by atoms with Gasteiger partial charge in [0.25, 0.3) is 0 Å². The quantitative estimate of drug-likeness (QED) is 0.260. The molecule has 0 spiro atoms. The summed E-state index contributed by atoms with van der Waals surface area (Å²) in [6.07, 6.45) is -0.678. The number of carbonyl (C=O) groups is 4. The predicted octanol–water partition coefficient (Wildman–Crippen LogP) is -2.07. The fourth-order valence-corrected chi connectivity index (χ4v) is 1.95. The Morgan fingerprint density at radius 2 is 1.48 bits per heavy atom. The Balaban J connectivity index is 5.22. The third-order valence-corrected chi connectivity index (χ3v) is 3.79. The predicted molar refractivity (Wildman–Crippen MR) is 89.3 cm³/mol. The Bertz CT molecular complexity index is 496. The molecule has 0 aliphatic heterocycles. The molecule has 3 amide bonds. The highest BCUT2D eigenvalue weighted by Gasteiger charge is 2.32. The van der Waals surface area contributed by atoms with Gasteiger partial charge in [-0.25, -0.2) is 0 Å². The van der Waals surface area contributed by atoms with Crippen molar-refractivity contribution in [2.75, 3.05) is 6.54 Å². The van der Waals surface area contributed by atoms with Crippen molar-refractivity contribution in [1.29, 1.82) is 0 Å². The van der Waals surface area contributed by atoms with E-state index in [1.807, 2.05) is 0 Å². The SMILES string of the molecule is CCC(C)C(NC(=O)C(NC(=O)CN)C(C)O)C(=O)NC(C)C(=O)O. The van der Waals surface area contributed by atoms with Crippen molar-refractivity contribution in [3.63, 3.8) is 0 Å². The third-order valence-electron chi connectivity index (χ3n) is 3.79. The Morgan fingerprint density at radius 3 is 1.88 bits per heavy atom. The van der Waals surface area contributed by atoms with Crippen LogP contribution in [0.4, 0.5) is 0 Å². The van der Waals surface area contributed by atoms with Crippen LogP contribution in [-0.4, -0.2) is 64.7 Å². The zero-order valence-corrected chi connectivity index (χ0v) is 14.9. The summed E-state index contributed by atoms with van der Waals surface area (Å²) in [5.74, 6) is -3.57. The number of hydrogen-bond donors (Lipinski definition) is 6. The molecule has 0 aromatic rings. The van der Waals surface area contributed by atoms with Gasteiger partial charge < -0.3 is 31.9 Å². The molecule has 0 aliphatic rings. The van der Waals surface area contributed by atoms with Crippen LogP contribution in [0.3, 0.4) is 0 Å². The second kappa shape index (κ2) is 10.6. The topological polar surface area (TPSA) is 171 Å². The van der Waals surface area contributed by atoms with Crippen molar-refractivity contribution >= 4 is 23.7 Å².